The van der Waals surface area contributed by atoms with Gasteiger partial charge < -0.3 is 14.5 Å². The van der Waals surface area contributed by atoms with E-state index in [0.29, 0.717) is 18.6 Å². The van der Waals surface area contributed by atoms with Crippen LogP contribution in [0.2, 0.25) is 0 Å². The number of nitriles is 1. The lowest BCUT2D eigenvalue weighted by Crippen LogP contribution is -2.35. The summed E-state index contributed by atoms with van der Waals surface area (Å²) in [6.07, 6.45) is 1.37. The molecular formula is C15H12N2O3. The Hall–Kier alpha value is -2.74. The third kappa shape index (κ3) is 2.50. The zero-order chi connectivity index (χ0) is 14.0. The van der Waals surface area contributed by atoms with Gasteiger partial charge in [-0.3, -0.25) is 4.79 Å². The molecule has 0 bridgehead atoms. The Labute approximate surface area is 115 Å². The second-order valence-corrected chi connectivity index (χ2v) is 4.68. The second kappa shape index (κ2) is 4.74. The van der Waals surface area contributed by atoms with Crippen molar-refractivity contribution >= 4 is 5.91 Å². The molecule has 1 saturated carbocycles. The van der Waals surface area contributed by atoms with Gasteiger partial charge in [0.05, 0.1) is 6.07 Å². The van der Waals surface area contributed by atoms with E-state index in [1.807, 2.05) is 18.2 Å². The van der Waals surface area contributed by atoms with Crippen LogP contribution in [0.3, 0.4) is 0 Å². The summed E-state index contributed by atoms with van der Waals surface area (Å²) in [5, 5.41) is 11.6. The van der Waals surface area contributed by atoms with Crippen LogP contribution in [0, 0.1) is 11.3 Å². The molecule has 2 aromatic rings. The molecule has 1 aliphatic carbocycles. The van der Waals surface area contributed by atoms with E-state index < -0.39 is 11.4 Å². The summed E-state index contributed by atoms with van der Waals surface area (Å²) < 4.78 is 10.8. The number of nitrogens with zero attached hydrogens (tertiary/aromatic N) is 1. The Morgan fingerprint density at radius 2 is 2.00 bits per heavy atom. The summed E-state index contributed by atoms with van der Waals surface area (Å²) in [4.78, 5) is 11.9. The molecule has 1 aliphatic rings. The van der Waals surface area contributed by atoms with Crippen molar-refractivity contribution in [3.8, 4) is 17.8 Å². The fraction of sp³-hybridized carbons (Fsp3) is 0.200. The van der Waals surface area contributed by atoms with Gasteiger partial charge in [-0.15, -0.1) is 0 Å². The van der Waals surface area contributed by atoms with Crippen LogP contribution >= 0.6 is 0 Å². The summed E-state index contributed by atoms with van der Waals surface area (Å²) in [6, 6.07) is 14.3. The number of para-hydroxylation sites is 1. The molecular weight excluding hydrogens is 256 g/mol. The first-order valence-corrected chi connectivity index (χ1v) is 6.27. The summed E-state index contributed by atoms with van der Waals surface area (Å²) in [5.74, 6) is 0.608. The molecule has 3 rings (SSSR count). The normalized spacial score (nSPS) is 15.2. The minimum absolute atomic E-state index is 0.137. The number of nitrogens with one attached hydrogen (secondary N) is 1. The molecule has 100 valence electrons. The fourth-order valence-electron chi connectivity index (χ4n) is 1.77. The number of hydrogen-bond donors (Lipinski definition) is 1. The van der Waals surface area contributed by atoms with Crippen molar-refractivity contribution in [2.75, 3.05) is 0 Å². The largest absolute Gasteiger partial charge is 0.426 e. The quantitative estimate of drug-likeness (QED) is 0.925. The Balaban J connectivity index is 1.68. The summed E-state index contributed by atoms with van der Waals surface area (Å²) in [6.45, 7) is 0. The minimum atomic E-state index is -0.704. The molecule has 20 heavy (non-hydrogen) atoms. The van der Waals surface area contributed by atoms with Crippen molar-refractivity contribution in [3.63, 3.8) is 0 Å². The van der Waals surface area contributed by atoms with Crippen LogP contribution in [0.1, 0.15) is 23.4 Å². The van der Waals surface area contributed by atoms with Crippen LogP contribution in [-0.4, -0.2) is 11.4 Å². The van der Waals surface area contributed by atoms with Gasteiger partial charge in [-0.25, -0.2) is 0 Å². The maximum Gasteiger partial charge on any atom is 0.290 e. The van der Waals surface area contributed by atoms with Crippen molar-refractivity contribution < 1.29 is 13.9 Å². The number of carbonyl (C=O) groups is 1. The van der Waals surface area contributed by atoms with E-state index in [1.165, 1.54) is 6.07 Å². The molecule has 1 fully saturated rings. The maximum atomic E-state index is 11.9. The van der Waals surface area contributed by atoms with Crippen molar-refractivity contribution in [3.05, 3.63) is 48.2 Å². The predicted octanol–water partition coefficient (Wildman–Crippen LogP) is 2.86. The third-order valence-electron chi connectivity index (χ3n) is 3.08. The van der Waals surface area contributed by atoms with E-state index in [2.05, 4.69) is 11.4 Å². The Morgan fingerprint density at radius 3 is 2.65 bits per heavy atom. The number of benzene rings is 1. The summed E-state index contributed by atoms with van der Waals surface area (Å²) in [5.41, 5.74) is -0.704. The fourth-order valence-corrected chi connectivity index (χ4v) is 1.77. The van der Waals surface area contributed by atoms with Gasteiger partial charge in [0, 0.05) is 6.07 Å². The molecule has 0 aliphatic heterocycles. The maximum absolute atomic E-state index is 11.9. The molecule has 0 atom stereocenters. The van der Waals surface area contributed by atoms with Crippen LogP contribution in [0.5, 0.6) is 11.7 Å². The smallest absolute Gasteiger partial charge is 0.290 e. The average molecular weight is 268 g/mol. The van der Waals surface area contributed by atoms with E-state index in [1.54, 1.807) is 18.2 Å². The van der Waals surface area contributed by atoms with Crippen molar-refractivity contribution in [1.29, 1.82) is 5.26 Å². The van der Waals surface area contributed by atoms with Crippen molar-refractivity contribution in [2.45, 2.75) is 18.4 Å². The number of ether oxygens (including phenoxy) is 1. The summed E-state index contributed by atoms with van der Waals surface area (Å²) in [7, 11) is 0. The highest BCUT2D eigenvalue weighted by atomic mass is 16.6. The second-order valence-electron chi connectivity index (χ2n) is 4.68. The van der Waals surface area contributed by atoms with E-state index in [9.17, 15) is 4.79 Å². The first-order valence-electron chi connectivity index (χ1n) is 6.27. The molecule has 0 unspecified atom stereocenters. The van der Waals surface area contributed by atoms with E-state index in [4.69, 9.17) is 14.4 Å². The highest BCUT2D eigenvalue weighted by Crippen LogP contribution is 2.34. The van der Waals surface area contributed by atoms with E-state index in [-0.39, 0.29) is 11.7 Å². The van der Waals surface area contributed by atoms with E-state index >= 15 is 0 Å². The number of furan rings is 1. The Kier molecular flexibility index (Phi) is 2.92. The Bertz CT molecular complexity index is 666. The van der Waals surface area contributed by atoms with Gasteiger partial charge in [-0.05, 0) is 31.0 Å². The average Bonchev–Trinajstić information content (AvgIpc) is 3.09. The minimum Gasteiger partial charge on any atom is -0.426 e. The van der Waals surface area contributed by atoms with Crippen molar-refractivity contribution in [1.82, 2.24) is 5.32 Å². The van der Waals surface area contributed by atoms with Gasteiger partial charge in [0.25, 0.3) is 11.9 Å². The molecule has 1 amide bonds. The van der Waals surface area contributed by atoms with Crippen LogP contribution in [0.4, 0.5) is 0 Å². The number of rotatable bonds is 4. The topological polar surface area (TPSA) is 75.3 Å². The van der Waals surface area contributed by atoms with Gasteiger partial charge in [0.1, 0.15) is 11.3 Å². The number of carbonyl (C=O) groups excluding carboxylic acids is 1. The van der Waals surface area contributed by atoms with E-state index in [0.717, 1.165) is 0 Å². The SMILES string of the molecule is N#CC1(NC(=O)c2ccc(Oc3ccccc3)o2)CC1. The molecule has 5 nitrogen and oxygen atoms in total. The third-order valence-corrected chi connectivity index (χ3v) is 3.08. The summed E-state index contributed by atoms with van der Waals surface area (Å²) >= 11 is 0. The van der Waals surface area contributed by atoms with Crippen LogP contribution < -0.4 is 10.1 Å². The predicted molar refractivity (Wildman–Crippen MR) is 70.3 cm³/mol. The molecule has 1 heterocycles. The number of hydrogen-bond acceptors (Lipinski definition) is 4. The van der Waals surface area contributed by atoms with Gasteiger partial charge in [-0.1, -0.05) is 18.2 Å². The molecule has 0 radical (unpaired) electrons. The lowest BCUT2D eigenvalue weighted by molar-refractivity contribution is 0.0908. The zero-order valence-electron chi connectivity index (χ0n) is 10.6. The molecule has 0 saturated heterocycles. The van der Waals surface area contributed by atoms with Crippen molar-refractivity contribution in [2.24, 2.45) is 0 Å². The monoisotopic (exact) mass is 268 g/mol. The van der Waals surface area contributed by atoms with Crippen LogP contribution in [-0.2, 0) is 0 Å². The number of amides is 1. The lowest BCUT2D eigenvalue weighted by atomic mass is 10.3. The first-order chi connectivity index (χ1) is 9.71. The molecule has 1 N–H and O–H groups in total. The van der Waals surface area contributed by atoms with Gasteiger partial charge in [0.2, 0.25) is 0 Å². The highest BCUT2D eigenvalue weighted by Gasteiger charge is 2.45. The zero-order valence-corrected chi connectivity index (χ0v) is 10.6. The van der Waals surface area contributed by atoms with Crippen LogP contribution in [0.15, 0.2) is 46.9 Å². The highest BCUT2D eigenvalue weighted by molar-refractivity contribution is 5.92. The van der Waals surface area contributed by atoms with Crippen LogP contribution in [0.25, 0.3) is 0 Å². The van der Waals surface area contributed by atoms with Gasteiger partial charge in [0.15, 0.2) is 5.76 Å². The van der Waals surface area contributed by atoms with Gasteiger partial charge >= 0.3 is 0 Å². The lowest BCUT2D eigenvalue weighted by Gasteiger charge is -2.06. The standard InChI is InChI=1S/C15H12N2O3/c16-10-15(8-9-15)17-14(18)12-6-7-13(20-12)19-11-4-2-1-3-5-11/h1-7H,8-9H2,(H,17,18). The Morgan fingerprint density at radius 1 is 1.25 bits per heavy atom. The molecule has 0 spiro atoms. The molecule has 1 aromatic carbocycles. The first kappa shape index (κ1) is 12.3. The van der Waals surface area contributed by atoms with Gasteiger partial charge in [-0.2, -0.15) is 5.26 Å². The molecule has 1 aromatic heterocycles. The molecule has 5 heteroatoms.